The third-order valence-electron chi connectivity index (χ3n) is 7.04. The van der Waals surface area contributed by atoms with Gasteiger partial charge in [-0.1, -0.05) is 91.0 Å². The van der Waals surface area contributed by atoms with Gasteiger partial charge >= 0.3 is 0 Å². The largest absolute Gasteiger partial charge is 0.489 e. The second-order valence-corrected chi connectivity index (χ2v) is 9.39. The number of carbonyl (C=O) groups excluding carboxylic acids is 1. The first kappa shape index (κ1) is 22.2. The number of hydrogen-bond acceptors (Lipinski definition) is 4. The number of carbonyl (C=O) groups is 1. The Hall–Kier alpha value is -4.31. The molecule has 0 amide bonds. The number of fused-ring (bicyclic) bond motifs is 1. The van der Waals surface area contributed by atoms with Gasteiger partial charge in [0, 0.05) is 23.6 Å². The van der Waals surface area contributed by atoms with Crippen LogP contribution in [-0.2, 0) is 11.4 Å². The summed E-state index contributed by atoms with van der Waals surface area (Å²) in [5.41, 5.74) is 7.09. The topological polar surface area (TPSA) is 50.4 Å². The Morgan fingerprint density at radius 3 is 2.19 bits per heavy atom. The number of ketones is 1. The van der Waals surface area contributed by atoms with Crippen molar-refractivity contribution in [1.29, 1.82) is 0 Å². The van der Waals surface area contributed by atoms with Crippen molar-refractivity contribution in [3.63, 3.8) is 0 Å². The quantitative estimate of drug-likeness (QED) is 0.321. The molecule has 1 aliphatic carbocycles. The van der Waals surface area contributed by atoms with Crippen LogP contribution in [0.4, 0.5) is 11.4 Å². The minimum absolute atomic E-state index is 0.0393. The van der Waals surface area contributed by atoms with Crippen LogP contribution in [0.2, 0.25) is 0 Å². The molecular weight excluding hydrogens is 444 g/mol. The summed E-state index contributed by atoms with van der Waals surface area (Å²) in [6, 6.07) is 36.5. The minimum atomic E-state index is -0.199. The number of allylic oxidation sites excluding steroid dienone is 1. The Balaban J connectivity index is 1.35. The summed E-state index contributed by atoms with van der Waals surface area (Å²) in [5.74, 6) is 1.05. The van der Waals surface area contributed by atoms with Gasteiger partial charge in [0.25, 0.3) is 0 Å². The van der Waals surface area contributed by atoms with E-state index in [1.807, 2.05) is 66.7 Å². The van der Waals surface area contributed by atoms with Crippen LogP contribution in [-0.4, -0.2) is 5.78 Å². The molecule has 0 aromatic heterocycles. The third kappa shape index (κ3) is 4.38. The van der Waals surface area contributed by atoms with Gasteiger partial charge in [-0.25, -0.2) is 0 Å². The highest BCUT2D eigenvalue weighted by atomic mass is 16.5. The Kier molecular flexibility index (Phi) is 6.00. The van der Waals surface area contributed by atoms with Crippen molar-refractivity contribution in [1.82, 2.24) is 0 Å². The maximum Gasteiger partial charge on any atom is 0.163 e. The molecule has 2 atom stereocenters. The van der Waals surface area contributed by atoms with Gasteiger partial charge < -0.3 is 15.4 Å². The Labute approximate surface area is 211 Å². The summed E-state index contributed by atoms with van der Waals surface area (Å²) in [5, 5.41) is 7.27. The zero-order valence-corrected chi connectivity index (χ0v) is 20.0. The molecule has 178 valence electrons. The lowest BCUT2D eigenvalue weighted by Crippen LogP contribution is -2.27. The number of Topliss-reactive ketones (excluding diaryl/α,β-unsaturated/α-hetero) is 1. The molecule has 1 aliphatic heterocycles. The predicted octanol–water partition coefficient (Wildman–Crippen LogP) is 7.25. The highest BCUT2D eigenvalue weighted by molar-refractivity contribution is 6.01. The number of ether oxygens (including phenoxy) is 1. The second kappa shape index (κ2) is 9.74. The molecule has 0 saturated heterocycles. The van der Waals surface area contributed by atoms with E-state index in [-0.39, 0.29) is 17.7 Å². The molecule has 0 bridgehead atoms. The fraction of sp³-hybridized carbons (Fsp3) is 0.156. The van der Waals surface area contributed by atoms with Gasteiger partial charge in [-0.2, -0.15) is 0 Å². The summed E-state index contributed by atoms with van der Waals surface area (Å²) < 4.78 is 6.26. The molecule has 1 heterocycles. The molecule has 0 saturated carbocycles. The average molecular weight is 473 g/mol. The van der Waals surface area contributed by atoms with E-state index in [2.05, 4.69) is 53.1 Å². The van der Waals surface area contributed by atoms with Crippen LogP contribution in [0.3, 0.4) is 0 Å². The monoisotopic (exact) mass is 472 g/mol. The van der Waals surface area contributed by atoms with Gasteiger partial charge in [-0.15, -0.1) is 0 Å². The number of nitrogens with one attached hydrogen (secondary N) is 2. The Bertz CT molecular complexity index is 1410. The molecule has 0 fully saturated rings. The number of para-hydroxylation sites is 3. The van der Waals surface area contributed by atoms with Gasteiger partial charge in [0.05, 0.1) is 17.4 Å². The zero-order chi connectivity index (χ0) is 24.3. The van der Waals surface area contributed by atoms with Crippen LogP contribution < -0.4 is 15.4 Å². The lowest BCUT2D eigenvalue weighted by molar-refractivity contribution is -0.116. The second-order valence-electron chi connectivity index (χ2n) is 9.39. The van der Waals surface area contributed by atoms with Gasteiger partial charge in [0.2, 0.25) is 0 Å². The first-order valence-electron chi connectivity index (χ1n) is 12.5. The maximum atomic E-state index is 13.8. The summed E-state index contributed by atoms with van der Waals surface area (Å²) in [4.78, 5) is 13.8. The van der Waals surface area contributed by atoms with Gasteiger partial charge in [0.15, 0.2) is 5.78 Å². The summed E-state index contributed by atoms with van der Waals surface area (Å²) in [6.07, 6.45) is 1.19. The predicted molar refractivity (Wildman–Crippen MR) is 144 cm³/mol. The number of rotatable bonds is 5. The number of hydrogen-bond donors (Lipinski definition) is 2. The fourth-order valence-electron chi connectivity index (χ4n) is 5.29. The van der Waals surface area contributed by atoms with Crippen molar-refractivity contribution < 1.29 is 9.53 Å². The van der Waals surface area contributed by atoms with E-state index in [0.29, 0.717) is 13.0 Å². The lowest BCUT2D eigenvalue weighted by Gasteiger charge is -2.30. The highest BCUT2D eigenvalue weighted by Gasteiger charge is 2.36. The summed E-state index contributed by atoms with van der Waals surface area (Å²) in [7, 11) is 0. The van der Waals surface area contributed by atoms with Crippen LogP contribution in [0.5, 0.6) is 5.75 Å². The summed E-state index contributed by atoms with van der Waals surface area (Å²) in [6.45, 7) is 0.498. The lowest BCUT2D eigenvalue weighted by atomic mass is 9.78. The molecule has 36 heavy (non-hydrogen) atoms. The van der Waals surface area contributed by atoms with Crippen molar-refractivity contribution in [3.05, 3.63) is 137 Å². The zero-order valence-electron chi connectivity index (χ0n) is 20.0. The van der Waals surface area contributed by atoms with Gasteiger partial charge in [-0.3, -0.25) is 4.79 Å². The number of benzene rings is 4. The van der Waals surface area contributed by atoms with Crippen LogP contribution >= 0.6 is 0 Å². The molecule has 0 spiro atoms. The van der Waals surface area contributed by atoms with Crippen LogP contribution in [0.1, 0.15) is 41.5 Å². The molecule has 4 aromatic carbocycles. The molecular formula is C32H28N2O2. The van der Waals surface area contributed by atoms with E-state index < -0.39 is 0 Å². The highest BCUT2D eigenvalue weighted by Crippen LogP contribution is 2.45. The normalized spacial score (nSPS) is 18.8. The van der Waals surface area contributed by atoms with E-state index in [1.54, 1.807) is 0 Å². The molecule has 4 aromatic rings. The van der Waals surface area contributed by atoms with Gasteiger partial charge in [-0.05, 0) is 41.3 Å². The third-order valence-corrected chi connectivity index (χ3v) is 7.04. The van der Waals surface area contributed by atoms with Gasteiger partial charge in [0.1, 0.15) is 12.4 Å². The van der Waals surface area contributed by atoms with Crippen LogP contribution in [0, 0.1) is 0 Å². The van der Waals surface area contributed by atoms with E-state index in [0.717, 1.165) is 51.5 Å². The van der Waals surface area contributed by atoms with E-state index in [4.69, 9.17) is 4.74 Å². The smallest absolute Gasteiger partial charge is 0.163 e. The van der Waals surface area contributed by atoms with Crippen molar-refractivity contribution in [2.24, 2.45) is 0 Å². The molecule has 6 rings (SSSR count). The van der Waals surface area contributed by atoms with Crippen molar-refractivity contribution in [2.45, 2.75) is 31.4 Å². The van der Waals surface area contributed by atoms with Crippen LogP contribution in [0.15, 0.2) is 120 Å². The fourth-order valence-corrected chi connectivity index (χ4v) is 5.29. The molecule has 2 N–H and O–H groups in total. The number of anilines is 2. The van der Waals surface area contributed by atoms with Crippen molar-refractivity contribution in [3.8, 4) is 5.75 Å². The molecule has 4 heteroatoms. The maximum absolute atomic E-state index is 13.8. The van der Waals surface area contributed by atoms with E-state index >= 15 is 0 Å². The first-order chi connectivity index (χ1) is 17.8. The van der Waals surface area contributed by atoms with Crippen molar-refractivity contribution in [2.75, 3.05) is 10.6 Å². The van der Waals surface area contributed by atoms with Crippen molar-refractivity contribution >= 4 is 17.2 Å². The van der Waals surface area contributed by atoms with Crippen LogP contribution in [0.25, 0.3) is 0 Å². The molecule has 2 unspecified atom stereocenters. The standard InChI is InChI=1S/C32H28N2O2/c35-29-20-24(25-15-7-10-18-30(25)36-21-22-11-3-1-4-12-22)19-28-31(29)32(23-13-5-2-6-14-23)34-27-17-9-8-16-26(27)33-28/h1-18,24,32-34H,19-21H2. The van der Waals surface area contributed by atoms with E-state index in [1.165, 1.54) is 0 Å². The Morgan fingerprint density at radius 1 is 0.722 bits per heavy atom. The SMILES string of the molecule is O=C1CC(c2ccccc2OCc2ccccc2)CC2=C1C(c1ccccc1)Nc1ccccc1N2. The molecule has 2 aliphatic rings. The summed E-state index contributed by atoms with van der Waals surface area (Å²) >= 11 is 0. The molecule has 4 nitrogen and oxygen atoms in total. The van der Waals surface area contributed by atoms with E-state index in [9.17, 15) is 4.79 Å². The Morgan fingerprint density at radius 2 is 1.39 bits per heavy atom. The first-order valence-corrected chi connectivity index (χ1v) is 12.5. The minimum Gasteiger partial charge on any atom is -0.489 e. The molecule has 0 radical (unpaired) electrons. The average Bonchev–Trinajstić information content (AvgIpc) is 3.10.